The van der Waals surface area contributed by atoms with Crippen LogP contribution in [0.2, 0.25) is 0 Å². The lowest BCUT2D eigenvalue weighted by Gasteiger charge is -2.02. The van der Waals surface area contributed by atoms with Crippen LogP contribution in [0.25, 0.3) is 0 Å². The lowest BCUT2D eigenvalue weighted by molar-refractivity contribution is -0.385. The number of esters is 1. The monoisotopic (exact) mass is 297 g/mol. The van der Waals surface area contributed by atoms with Crippen LogP contribution in [0.3, 0.4) is 0 Å². The predicted molar refractivity (Wildman–Crippen MR) is 85.7 cm³/mol. The van der Waals surface area contributed by atoms with Crippen molar-refractivity contribution in [2.45, 2.75) is 54.4 Å². The van der Waals surface area contributed by atoms with Gasteiger partial charge in [-0.25, -0.2) is 4.79 Å². The molecule has 1 rings (SSSR count). The number of hydrogen-bond donors (Lipinski definition) is 0. The summed E-state index contributed by atoms with van der Waals surface area (Å²) in [5, 5.41) is 10.6. The Morgan fingerprint density at radius 2 is 1.71 bits per heavy atom. The van der Waals surface area contributed by atoms with Gasteiger partial charge < -0.3 is 4.74 Å². The number of nitro groups is 1. The molecule has 1 aromatic rings. The number of nitro benzene ring substituents is 1. The minimum absolute atomic E-state index is 0.0689. The first-order valence-electron chi connectivity index (χ1n) is 7.40. The van der Waals surface area contributed by atoms with Crippen LogP contribution >= 0.6 is 0 Å². The average Bonchev–Trinajstić information content (AvgIpc) is 2.50. The maximum atomic E-state index is 11.3. The first-order valence-corrected chi connectivity index (χ1v) is 7.40. The third-order valence-electron chi connectivity index (χ3n) is 2.42. The van der Waals surface area contributed by atoms with Crippen molar-refractivity contribution >= 4 is 11.7 Å². The number of carbonyl (C=O) groups excluding carboxylic acids is 1. The highest BCUT2D eigenvalue weighted by atomic mass is 16.6. The first-order chi connectivity index (χ1) is 9.97. The first kappa shape index (κ1) is 21.4. The SMILES string of the molecule is CC.CCCC.CCOC(=O)c1ccc(C)c([N+](=O)[O-])c1. The number of ether oxygens (including phenoxy) is 1. The van der Waals surface area contributed by atoms with Crippen LogP contribution in [0.15, 0.2) is 18.2 Å². The fourth-order valence-electron chi connectivity index (χ4n) is 1.15. The number of aryl methyl sites for hydroxylation is 1. The fraction of sp³-hybridized carbons (Fsp3) is 0.562. The van der Waals surface area contributed by atoms with Crippen molar-refractivity contribution in [3.05, 3.63) is 39.4 Å². The summed E-state index contributed by atoms with van der Waals surface area (Å²) in [5.41, 5.74) is 0.655. The van der Waals surface area contributed by atoms with Crippen LogP contribution in [0, 0.1) is 17.0 Å². The largest absolute Gasteiger partial charge is 0.462 e. The smallest absolute Gasteiger partial charge is 0.338 e. The summed E-state index contributed by atoms with van der Waals surface area (Å²) < 4.78 is 4.74. The Labute approximate surface area is 127 Å². The van der Waals surface area contributed by atoms with Crippen molar-refractivity contribution in [2.75, 3.05) is 6.61 Å². The Balaban J connectivity index is 0. The van der Waals surface area contributed by atoms with Crippen LogP contribution < -0.4 is 0 Å². The Morgan fingerprint density at radius 3 is 2.10 bits per heavy atom. The maximum Gasteiger partial charge on any atom is 0.338 e. The van der Waals surface area contributed by atoms with Gasteiger partial charge in [0.15, 0.2) is 0 Å². The van der Waals surface area contributed by atoms with Gasteiger partial charge in [0.1, 0.15) is 0 Å². The zero-order valence-corrected chi connectivity index (χ0v) is 13.9. The maximum absolute atomic E-state index is 11.3. The molecule has 0 amide bonds. The van der Waals surface area contributed by atoms with E-state index >= 15 is 0 Å². The molecule has 0 aliphatic carbocycles. The highest BCUT2D eigenvalue weighted by Crippen LogP contribution is 2.19. The van der Waals surface area contributed by atoms with E-state index in [0.29, 0.717) is 5.56 Å². The summed E-state index contributed by atoms with van der Waals surface area (Å²) in [7, 11) is 0. The molecule has 0 unspecified atom stereocenters. The summed E-state index contributed by atoms with van der Waals surface area (Å²) in [6.45, 7) is 11.9. The molecule has 0 heterocycles. The van der Waals surface area contributed by atoms with Crippen molar-refractivity contribution in [3.8, 4) is 0 Å². The standard InChI is InChI=1S/C10H11NO4.C4H10.C2H6/c1-3-15-10(12)8-5-4-7(2)9(6-8)11(13)14;1-3-4-2;1-2/h4-6H,3H2,1-2H3;3-4H2,1-2H3;1-2H3. The zero-order chi connectivity index (χ0) is 16.8. The van der Waals surface area contributed by atoms with Crippen LogP contribution in [-0.4, -0.2) is 17.5 Å². The zero-order valence-electron chi connectivity index (χ0n) is 13.9. The summed E-state index contributed by atoms with van der Waals surface area (Å²) >= 11 is 0. The molecule has 0 aliphatic heterocycles. The normalized spacial score (nSPS) is 8.67. The third-order valence-corrected chi connectivity index (χ3v) is 2.42. The molecule has 5 nitrogen and oxygen atoms in total. The van der Waals surface area contributed by atoms with E-state index in [1.165, 1.54) is 31.0 Å². The molecule has 0 saturated carbocycles. The molecule has 0 N–H and O–H groups in total. The molecule has 120 valence electrons. The van der Waals surface area contributed by atoms with Gasteiger partial charge in [-0.1, -0.05) is 46.6 Å². The van der Waals surface area contributed by atoms with E-state index in [0.717, 1.165) is 0 Å². The fourth-order valence-corrected chi connectivity index (χ4v) is 1.15. The number of carbonyl (C=O) groups is 1. The van der Waals surface area contributed by atoms with E-state index < -0.39 is 10.9 Å². The lowest BCUT2D eigenvalue weighted by Crippen LogP contribution is -2.05. The van der Waals surface area contributed by atoms with E-state index in [1.807, 2.05) is 13.8 Å². The van der Waals surface area contributed by atoms with Crippen LogP contribution in [0.1, 0.15) is 63.4 Å². The molecule has 0 atom stereocenters. The molecular weight excluding hydrogens is 270 g/mol. The Hall–Kier alpha value is -1.91. The molecule has 5 heteroatoms. The summed E-state index contributed by atoms with van der Waals surface area (Å²) in [6, 6.07) is 4.28. The number of unbranched alkanes of at least 4 members (excludes halogenated alkanes) is 1. The Morgan fingerprint density at radius 1 is 1.19 bits per heavy atom. The van der Waals surface area contributed by atoms with Gasteiger partial charge in [0.2, 0.25) is 0 Å². The Kier molecular flexibility index (Phi) is 13.3. The Bertz CT molecular complexity index is 428. The van der Waals surface area contributed by atoms with Crippen LogP contribution in [-0.2, 0) is 4.74 Å². The predicted octanol–water partition coefficient (Wildman–Crippen LogP) is 4.91. The van der Waals surface area contributed by atoms with Gasteiger partial charge >= 0.3 is 5.97 Å². The van der Waals surface area contributed by atoms with Crippen molar-refractivity contribution in [1.82, 2.24) is 0 Å². The quantitative estimate of drug-likeness (QED) is 0.449. The van der Waals surface area contributed by atoms with Crippen LogP contribution in [0.4, 0.5) is 5.69 Å². The highest BCUT2D eigenvalue weighted by Gasteiger charge is 2.15. The topological polar surface area (TPSA) is 69.4 Å². The van der Waals surface area contributed by atoms with Gasteiger partial charge in [0, 0.05) is 11.6 Å². The van der Waals surface area contributed by atoms with Crippen molar-refractivity contribution in [3.63, 3.8) is 0 Å². The van der Waals surface area contributed by atoms with E-state index in [4.69, 9.17) is 4.74 Å². The van der Waals surface area contributed by atoms with E-state index in [2.05, 4.69) is 13.8 Å². The molecular formula is C16H27NO4. The van der Waals surface area contributed by atoms with E-state index in [1.54, 1.807) is 13.8 Å². The van der Waals surface area contributed by atoms with Crippen LogP contribution in [0.5, 0.6) is 0 Å². The second-order valence-electron chi connectivity index (χ2n) is 3.98. The second kappa shape index (κ2) is 13.1. The second-order valence-corrected chi connectivity index (χ2v) is 3.98. The molecule has 1 aromatic carbocycles. The average molecular weight is 297 g/mol. The number of benzene rings is 1. The minimum atomic E-state index is -0.541. The van der Waals surface area contributed by atoms with E-state index in [9.17, 15) is 14.9 Å². The van der Waals surface area contributed by atoms with Gasteiger partial charge in [-0.2, -0.15) is 0 Å². The summed E-state index contributed by atoms with van der Waals surface area (Å²) in [4.78, 5) is 21.4. The number of rotatable bonds is 4. The molecule has 21 heavy (non-hydrogen) atoms. The third kappa shape index (κ3) is 8.78. The lowest BCUT2D eigenvalue weighted by atomic mass is 10.1. The van der Waals surface area contributed by atoms with E-state index in [-0.39, 0.29) is 17.9 Å². The molecule has 0 radical (unpaired) electrons. The molecule has 0 bridgehead atoms. The minimum Gasteiger partial charge on any atom is -0.462 e. The van der Waals surface area contributed by atoms with Gasteiger partial charge in [-0.3, -0.25) is 10.1 Å². The summed E-state index contributed by atoms with van der Waals surface area (Å²) in [5.74, 6) is -0.541. The highest BCUT2D eigenvalue weighted by molar-refractivity contribution is 5.90. The molecule has 0 aromatic heterocycles. The van der Waals surface area contributed by atoms with Crippen molar-refractivity contribution in [2.24, 2.45) is 0 Å². The molecule has 0 saturated heterocycles. The molecule has 0 fully saturated rings. The van der Waals surface area contributed by atoms with Gasteiger partial charge in [0.25, 0.3) is 5.69 Å². The van der Waals surface area contributed by atoms with Gasteiger partial charge in [-0.05, 0) is 19.9 Å². The summed E-state index contributed by atoms with van der Waals surface area (Å²) in [6.07, 6.45) is 2.64. The molecule has 0 spiro atoms. The number of hydrogen-bond acceptors (Lipinski definition) is 4. The number of nitrogens with zero attached hydrogens (tertiary/aromatic N) is 1. The van der Waals surface area contributed by atoms with Crippen molar-refractivity contribution < 1.29 is 14.5 Å². The molecule has 0 aliphatic rings. The van der Waals surface area contributed by atoms with Crippen molar-refractivity contribution in [1.29, 1.82) is 0 Å². The van der Waals surface area contributed by atoms with Gasteiger partial charge in [0.05, 0.1) is 17.1 Å². The van der Waals surface area contributed by atoms with Gasteiger partial charge in [-0.15, -0.1) is 0 Å².